The predicted molar refractivity (Wildman–Crippen MR) is 79.3 cm³/mol. The molecule has 0 spiro atoms. The van der Waals surface area contributed by atoms with E-state index < -0.39 is 12.0 Å². The lowest BCUT2D eigenvalue weighted by atomic mass is 10.1. The van der Waals surface area contributed by atoms with Crippen molar-refractivity contribution < 1.29 is 14.3 Å². The fraction of sp³-hybridized carbons (Fsp3) is 0.500. The first-order valence-electron chi connectivity index (χ1n) is 6.65. The number of carbonyl (C=O) groups is 2. The van der Waals surface area contributed by atoms with Crippen molar-refractivity contribution in [2.45, 2.75) is 26.4 Å². The van der Waals surface area contributed by atoms with Crippen LogP contribution in [0, 0.1) is 5.92 Å². The Hall–Kier alpha value is -2.31. The first-order chi connectivity index (χ1) is 9.85. The van der Waals surface area contributed by atoms with Gasteiger partial charge in [-0.1, -0.05) is 13.8 Å². The van der Waals surface area contributed by atoms with Crippen LogP contribution < -0.4 is 11.1 Å². The second kappa shape index (κ2) is 7.47. The summed E-state index contributed by atoms with van der Waals surface area (Å²) in [6.45, 7) is 3.99. The molecule has 3 N–H and O–H groups in total. The van der Waals surface area contributed by atoms with Gasteiger partial charge in [-0.2, -0.15) is 0 Å². The van der Waals surface area contributed by atoms with Gasteiger partial charge >= 0.3 is 12.0 Å². The van der Waals surface area contributed by atoms with Crippen LogP contribution in [0.4, 0.5) is 10.5 Å². The molecule has 0 saturated carbocycles. The van der Waals surface area contributed by atoms with Crippen LogP contribution in [0.5, 0.6) is 0 Å². The number of hydrogen-bond donors (Lipinski definition) is 2. The molecule has 116 valence electrons. The lowest BCUT2D eigenvalue weighted by molar-refractivity contribution is -0.144. The van der Waals surface area contributed by atoms with Gasteiger partial charge in [0.05, 0.1) is 31.2 Å². The molecule has 1 heterocycles. The summed E-state index contributed by atoms with van der Waals surface area (Å²) >= 11 is 0. The molecule has 0 radical (unpaired) electrons. The summed E-state index contributed by atoms with van der Waals surface area (Å²) in [7, 11) is 2.92. The van der Waals surface area contributed by atoms with Gasteiger partial charge in [0.15, 0.2) is 0 Å². The Balaban J connectivity index is 2.64. The van der Waals surface area contributed by atoms with Crippen molar-refractivity contribution in [1.29, 1.82) is 0 Å². The van der Waals surface area contributed by atoms with Crippen LogP contribution in [0.1, 0.15) is 19.5 Å². The number of nitrogens with zero attached hydrogens (tertiary/aromatic N) is 2. The Bertz CT molecular complexity index is 487. The average Bonchev–Trinajstić information content (AvgIpc) is 2.45. The van der Waals surface area contributed by atoms with Gasteiger partial charge in [0.2, 0.25) is 0 Å². The number of nitrogens with two attached hydrogens (primary N) is 1. The van der Waals surface area contributed by atoms with Crippen molar-refractivity contribution in [2.24, 2.45) is 5.92 Å². The van der Waals surface area contributed by atoms with Gasteiger partial charge in [-0.05, 0) is 18.1 Å². The van der Waals surface area contributed by atoms with E-state index >= 15 is 0 Å². The summed E-state index contributed by atoms with van der Waals surface area (Å²) in [6.07, 6.45) is 1.53. The third-order valence-corrected chi connectivity index (χ3v) is 2.99. The number of anilines is 1. The molecule has 21 heavy (non-hydrogen) atoms. The van der Waals surface area contributed by atoms with E-state index in [1.54, 1.807) is 19.2 Å². The zero-order valence-corrected chi connectivity index (χ0v) is 12.8. The minimum atomic E-state index is -0.677. The van der Waals surface area contributed by atoms with Crippen LogP contribution in [-0.2, 0) is 16.1 Å². The number of ether oxygens (including phenoxy) is 1. The van der Waals surface area contributed by atoms with E-state index in [-0.39, 0.29) is 11.9 Å². The third kappa shape index (κ3) is 4.94. The highest BCUT2D eigenvalue weighted by Crippen LogP contribution is 2.07. The molecule has 7 nitrogen and oxygen atoms in total. The number of nitrogen functional groups attached to an aromatic ring is 1. The molecule has 0 unspecified atom stereocenters. The number of hydrogen-bond acceptors (Lipinski definition) is 5. The summed E-state index contributed by atoms with van der Waals surface area (Å²) in [6, 6.07) is 2.43. The Morgan fingerprint density at radius 2 is 2.10 bits per heavy atom. The van der Waals surface area contributed by atoms with Crippen molar-refractivity contribution in [2.75, 3.05) is 19.9 Å². The number of amides is 2. The van der Waals surface area contributed by atoms with Crippen LogP contribution >= 0.6 is 0 Å². The summed E-state index contributed by atoms with van der Waals surface area (Å²) in [5.74, 6) is -0.526. The van der Waals surface area contributed by atoms with Gasteiger partial charge in [0, 0.05) is 7.05 Å². The quantitative estimate of drug-likeness (QED) is 0.790. The molecule has 0 fully saturated rings. The predicted octanol–water partition coefficient (Wildman–Crippen LogP) is 1.00. The molecule has 1 aromatic rings. The van der Waals surface area contributed by atoms with Gasteiger partial charge in [-0.3, -0.25) is 4.98 Å². The molecule has 0 aliphatic rings. The number of rotatable bonds is 5. The summed E-state index contributed by atoms with van der Waals surface area (Å²) in [4.78, 5) is 29.3. The SMILES string of the molecule is COC(=O)[C@@H](NC(=O)N(C)Cc1ccc(N)cn1)C(C)C. The zero-order valence-electron chi connectivity index (χ0n) is 12.8. The monoisotopic (exact) mass is 294 g/mol. The average molecular weight is 294 g/mol. The largest absolute Gasteiger partial charge is 0.467 e. The van der Waals surface area contributed by atoms with Gasteiger partial charge < -0.3 is 20.7 Å². The second-order valence-corrected chi connectivity index (χ2v) is 5.13. The third-order valence-electron chi connectivity index (χ3n) is 2.99. The Kier molecular flexibility index (Phi) is 5.95. The number of esters is 1. The number of urea groups is 1. The molecule has 1 rings (SSSR count). The minimum absolute atomic E-state index is 0.0653. The van der Waals surface area contributed by atoms with Crippen molar-refractivity contribution >= 4 is 17.7 Å². The number of pyridine rings is 1. The van der Waals surface area contributed by atoms with E-state index in [4.69, 9.17) is 5.73 Å². The maximum Gasteiger partial charge on any atom is 0.328 e. The maximum atomic E-state index is 12.1. The molecular formula is C14H22N4O3. The molecule has 0 aliphatic heterocycles. The number of nitrogens with one attached hydrogen (secondary N) is 1. The fourth-order valence-electron chi connectivity index (χ4n) is 1.71. The molecule has 7 heteroatoms. The van der Waals surface area contributed by atoms with Gasteiger partial charge in [-0.25, -0.2) is 9.59 Å². The Morgan fingerprint density at radius 3 is 2.57 bits per heavy atom. The van der Waals surface area contributed by atoms with Crippen LogP contribution in [0.25, 0.3) is 0 Å². The highest BCUT2D eigenvalue weighted by molar-refractivity contribution is 5.83. The van der Waals surface area contributed by atoms with Crippen LogP contribution in [0.15, 0.2) is 18.3 Å². The fourth-order valence-corrected chi connectivity index (χ4v) is 1.71. The van der Waals surface area contributed by atoms with Gasteiger partial charge in [0.25, 0.3) is 0 Å². The summed E-state index contributed by atoms with van der Waals surface area (Å²) < 4.78 is 4.69. The van der Waals surface area contributed by atoms with Crippen molar-refractivity contribution in [3.63, 3.8) is 0 Å². The van der Waals surface area contributed by atoms with E-state index in [0.717, 1.165) is 0 Å². The first kappa shape index (κ1) is 16.7. The number of aromatic nitrogens is 1. The first-order valence-corrected chi connectivity index (χ1v) is 6.65. The Labute approximate surface area is 124 Å². The molecule has 1 atom stereocenters. The van der Waals surface area contributed by atoms with Crippen LogP contribution in [-0.4, -0.2) is 42.1 Å². The maximum absolute atomic E-state index is 12.1. The topological polar surface area (TPSA) is 97.5 Å². The molecule has 2 amide bonds. The number of carbonyl (C=O) groups excluding carboxylic acids is 2. The zero-order chi connectivity index (χ0) is 16.0. The standard InChI is InChI=1S/C14H22N4O3/c1-9(2)12(13(19)21-4)17-14(20)18(3)8-11-6-5-10(15)7-16-11/h5-7,9,12H,8,15H2,1-4H3,(H,17,20)/t12-/m0/s1. The van der Waals surface area contributed by atoms with E-state index in [1.807, 2.05) is 13.8 Å². The lowest BCUT2D eigenvalue weighted by Gasteiger charge is -2.24. The molecule has 1 aromatic heterocycles. The number of methoxy groups -OCH3 is 1. The van der Waals surface area contributed by atoms with Gasteiger partial charge in [0.1, 0.15) is 6.04 Å². The van der Waals surface area contributed by atoms with E-state index in [9.17, 15) is 9.59 Å². The highest BCUT2D eigenvalue weighted by Gasteiger charge is 2.26. The van der Waals surface area contributed by atoms with Crippen molar-refractivity contribution in [3.8, 4) is 0 Å². The second-order valence-electron chi connectivity index (χ2n) is 5.13. The molecule has 0 aromatic carbocycles. The Morgan fingerprint density at radius 1 is 1.43 bits per heavy atom. The smallest absolute Gasteiger partial charge is 0.328 e. The lowest BCUT2D eigenvalue weighted by Crippen LogP contribution is -2.49. The van der Waals surface area contributed by atoms with E-state index in [1.165, 1.54) is 18.2 Å². The van der Waals surface area contributed by atoms with E-state index in [0.29, 0.717) is 17.9 Å². The normalized spacial score (nSPS) is 11.9. The highest BCUT2D eigenvalue weighted by atomic mass is 16.5. The van der Waals surface area contributed by atoms with Crippen molar-refractivity contribution in [1.82, 2.24) is 15.2 Å². The van der Waals surface area contributed by atoms with Crippen molar-refractivity contribution in [3.05, 3.63) is 24.0 Å². The van der Waals surface area contributed by atoms with Crippen LogP contribution in [0.3, 0.4) is 0 Å². The minimum Gasteiger partial charge on any atom is -0.467 e. The molecule has 0 saturated heterocycles. The van der Waals surface area contributed by atoms with Gasteiger partial charge in [-0.15, -0.1) is 0 Å². The van der Waals surface area contributed by atoms with Crippen LogP contribution in [0.2, 0.25) is 0 Å². The van der Waals surface area contributed by atoms with E-state index in [2.05, 4.69) is 15.0 Å². The summed E-state index contributed by atoms with van der Waals surface area (Å²) in [5.41, 5.74) is 6.83. The molecular weight excluding hydrogens is 272 g/mol. The summed E-state index contributed by atoms with van der Waals surface area (Å²) in [5, 5.41) is 2.66. The molecule has 0 bridgehead atoms. The molecule has 0 aliphatic carbocycles.